The van der Waals surface area contributed by atoms with E-state index in [1.807, 2.05) is 0 Å². The summed E-state index contributed by atoms with van der Waals surface area (Å²) in [6.07, 6.45) is -3.66. The molecule has 16 nitrogen and oxygen atoms in total. The molecule has 1 aromatic rings. The van der Waals surface area contributed by atoms with Gasteiger partial charge in [0, 0.05) is 12.3 Å². The van der Waals surface area contributed by atoms with Crippen molar-refractivity contribution in [3.8, 4) is 0 Å². The maximum atomic E-state index is 15.0. The van der Waals surface area contributed by atoms with Gasteiger partial charge >= 0.3 is 29.6 Å². The Morgan fingerprint density at radius 2 is 1.97 bits per heavy atom. The third kappa shape index (κ3) is 5.59. The number of hydrogen-bond acceptors (Lipinski definition) is 11. The zero-order valence-corrected chi connectivity index (χ0v) is 17.4. The van der Waals surface area contributed by atoms with E-state index in [1.54, 1.807) is 4.98 Å². The minimum absolute atomic E-state index is 0.510. The molecule has 30 heavy (non-hydrogen) atoms. The van der Waals surface area contributed by atoms with Gasteiger partial charge in [0.05, 0.1) is 0 Å². The van der Waals surface area contributed by atoms with Crippen molar-refractivity contribution in [2.24, 2.45) is 0 Å². The fourth-order valence-corrected chi connectivity index (χ4v) is 5.24. The highest BCUT2D eigenvalue weighted by Crippen LogP contribution is 2.63. The second kappa shape index (κ2) is 8.47. The van der Waals surface area contributed by atoms with Crippen LogP contribution in [0.5, 0.6) is 0 Å². The Balaban J connectivity index is 2.22. The van der Waals surface area contributed by atoms with E-state index in [4.69, 9.17) is 14.5 Å². The number of nitrogens with zero attached hydrogens (tertiary/aromatic N) is 1. The molecule has 0 bridgehead atoms. The number of aliphatic hydroxyl groups is 2. The third-order valence-corrected chi connectivity index (χ3v) is 7.35. The Morgan fingerprint density at radius 1 is 1.37 bits per heavy atom. The van der Waals surface area contributed by atoms with Gasteiger partial charge in [-0.1, -0.05) is 0 Å². The molecule has 6 N–H and O–H groups in total. The zero-order valence-electron chi connectivity index (χ0n) is 14.6. The first kappa shape index (κ1) is 25.2. The molecular weight excluding hydrogens is 484 g/mol. The van der Waals surface area contributed by atoms with E-state index in [1.165, 1.54) is 0 Å². The second-order valence-electron chi connectivity index (χ2n) is 6.05. The predicted molar refractivity (Wildman–Crippen MR) is 90.9 cm³/mol. The Morgan fingerprint density at radius 3 is 2.50 bits per heavy atom. The molecule has 1 fully saturated rings. The number of nitrogens with one attached hydrogen (secondary N) is 1. The van der Waals surface area contributed by atoms with Crippen LogP contribution in [0.25, 0.3) is 0 Å². The summed E-state index contributed by atoms with van der Waals surface area (Å²) < 4.78 is 65.0. The van der Waals surface area contributed by atoms with Crippen molar-refractivity contribution in [3.05, 3.63) is 33.1 Å². The summed E-state index contributed by atoms with van der Waals surface area (Å²) in [6.45, 7) is -0.855. The Kier molecular flexibility index (Phi) is 7.11. The number of phosphoric acid groups is 2. The number of halogens is 1. The highest BCUT2D eigenvalue weighted by Gasteiger charge is 2.63. The van der Waals surface area contributed by atoms with Crippen molar-refractivity contribution < 1.29 is 60.9 Å². The van der Waals surface area contributed by atoms with Gasteiger partial charge in [-0.3, -0.25) is 23.4 Å². The van der Waals surface area contributed by atoms with Crippen LogP contribution < -0.4 is 11.2 Å². The molecule has 1 aromatic heterocycles. The minimum Gasteiger partial charge on any atom is -0.384 e. The van der Waals surface area contributed by atoms with Crippen LogP contribution in [0.4, 0.5) is 4.39 Å². The highest BCUT2D eigenvalue weighted by atomic mass is 31.3. The molecule has 0 aliphatic carbocycles. The first-order valence-corrected chi connectivity index (χ1v) is 11.8. The second-order valence-corrected chi connectivity index (χ2v) is 10.1. The van der Waals surface area contributed by atoms with Crippen molar-refractivity contribution in [2.45, 2.75) is 30.7 Å². The summed E-state index contributed by atoms with van der Waals surface area (Å²) in [4.78, 5) is 51.6. The van der Waals surface area contributed by atoms with Crippen molar-refractivity contribution in [3.63, 3.8) is 0 Å². The van der Waals surface area contributed by atoms with Gasteiger partial charge in [-0.15, -0.1) is 0 Å². The minimum atomic E-state index is -5.64. The fourth-order valence-electron chi connectivity index (χ4n) is 2.44. The lowest BCUT2D eigenvalue weighted by atomic mass is 9.95. The largest absolute Gasteiger partial charge is 0.488 e. The molecule has 2 rings (SSSR count). The van der Waals surface area contributed by atoms with Crippen molar-refractivity contribution in [1.82, 2.24) is 9.55 Å². The average molecular weight is 500 g/mol. The normalized spacial score (nSPS) is 34.2. The van der Waals surface area contributed by atoms with Gasteiger partial charge in [-0.25, -0.2) is 22.6 Å². The van der Waals surface area contributed by atoms with Crippen LogP contribution in [0.3, 0.4) is 0 Å². The van der Waals surface area contributed by atoms with E-state index in [9.17, 15) is 38.4 Å². The van der Waals surface area contributed by atoms with Crippen LogP contribution in [0.2, 0.25) is 0 Å². The first-order chi connectivity index (χ1) is 13.5. The highest BCUT2D eigenvalue weighted by molar-refractivity contribution is 7.64. The molecule has 1 aliphatic heterocycles. The number of aromatic nitrogens is 2. The summed E-state index contributed by atoms with van der Waals surface area (Å²) >= 11 is 0. The summed E-state index contributed by atoms with van der Waals surface area (Å²) in [5.74, 6) is -3.48. The van der Waals surface area contributed by atoms with E-state index in [0.29, 0.717) is 4.57 Å². The monoisotopic (exact) mass is 500 g/mol. The van der Waals surface area contributed by atoms with Crippen LogP contribution in [0.15, 0.2) is 21.9 Å². The van der Waals surface area contributed by atoms with Crippen molar-refractivity contribution in [2.75, 3.05) is 6.61 Å². The lowest BCUT2D eigenvalue weighted by molar-refractivity contribution is -0.204. The van der Waals surface area contributed by atoms with Crippen molar-refractivity contribution in [1.29, 1.82) is 0 Å². The van der Waals surface area contributed by atoms with Crippen LogP contribution in [-0.2, 0) is 31.6 Å². The number of aromatic amines is 1. The van der Waals surface area contributed by atoms with Gasteiger partial charge in [-0.2, -0.15) is 4.31 Å². The molecule has 3 unspecified atom stereocenters. The number of hydrogen-bond donors (Lipinski definition) is 6. The summed E-state index contributed by atoms with van der Waals surface area (Å²) in [5, 5.41) is 20.4. The molecule has 0 radical (unpaired) electrons. The third-order valence-electron chi connectivity index (χ3n) is 3.70. The molecule has 0 saturated carbocycles. The molecule has 0 amide bonds. The Labute approximate surface area is 165 Å². The predicted octanol–water partition coefficient (Wildman–Crippen LogP) is -1.52. The lowest BCUT2D eigenvalue weighted by Gasteiger charge is -2.27. The van der Waals surface area contributed by atoms with Gasteiger partial charge in [0.1, 0.15) is 18.3 Å². The number of aliphatic hydroxyl groups excluding tert-OH is 1. The molecule has 1 aliphatic rings. The number of ether oxygens (including phenoxy) is 1. The molecule has 7 atom stereocenters. The van der Waals surface area contributed by atoms with E-state index < -0.39 is 65.5 Å². The zero-order chi connectivity index (χ0) is 23.1. The van der Waals surface area contributed by atoms with E-state index in [2.05, 4.69) is 13.1 Å². The van der Waals surface area contributed by atoms with Crippen LogP contribution >= 0.6 is 23.9 Å². The summed E-state index contributed by atoms with van der Waals surface area (Å²) in [5.41, 5.74) is -4.53. The van der Waals surface area contributed by atoms with E-state index >= 15 is 4.39 Å². The Hall–Kier alpha value is -1.06. The van der Waals surface area contributed by atoms with E-state index in [-0.39, 0.29) is 0 Å². The number of alkyl halides is 1. The molecule has 1 saturated heterocycles. The van der Waals surface area contributed by atoms with Crippen molar-refractivity contribution >= 4 is 23.9 Å². The van der Waals surface area contributed by atoms with Crippen LogP contribution in [0.1, 0.15) is 13.2 Å². The molecule has 2 heterocycles. The van der Waals surface area contributed by atoms with E-state index in [0.717, 1.165) is 19.2 Å². The molecule has 172 valence electrons. The standard InChI is InChI=1S/C10H16FN2O14P3/c1-9(17)6(15)10(11,25-7(9)13-3-2-5(14)12-8(13)16)4-24-29(20,21)27-30(22,23)26-28(18)19/h2-3,6-7,15,17,28H,4H2,1H3,(H,18,19)(H,20,21)(H,22,23)(H,12,14,16)/t6-,7+,9+,10+/m0/s1. The molecule has 0 spiro atoms. The first-order valence-electron chi connectivity index (χ1n) is 7.52. The van der Waals surface area contributed by atoms with Gasteiger partial charge < -0.3 is 29.6 Å². The smallest absolute Gasteiger partial charge is 0.384 e. The number of phosphoric ester groups is 1. The average Bonchev–Trinajstić information content (AvgIpc) is 2.72. The fraction of sp³-hybridized carbons (Fsp3) is 0.600. The SMILES string of the molecule is C[C@]1(O)[C@H](n2ccc(=O)[nH]c2=O)O[C@](F)(COP(=O)(O)OP(=O)(O)O[PH](=O)O)[C@H]1O. The number of rotatable bonds is 8. The lowest BCUT2D eigenvalue weighted by Crippen LogP contribution is -2.50. The maximum absolute atomic E-state index is 15.0. The van der Waals surface area contributed by atoms with Gasteiger partial charge in [0.25, 0.3) is 11.4 Å². The molecular formula is C10H16FN2O14P3. The quantitative estimate of drug-likeness (QED) is 0.222. The maximum Gasteiger partial charge on any atom is 0.488 e. The van der Waals surface area contributed by atoms with Gasteiger partial charge in [0.15, 0.2) is 6.23 Å². The topological polar surface area (TPSA) is 244 Å². The Bertz CT molecular complexity index is 1040. The van der Waals surface area contributed by atoms with Crippen LogP contribution in [-0.4, -0.2) is 58.6 Å². The number of H-pyrrole nitrogens is 1. The summed E-state index contributed by atoms with van der Waals surface area (Å²) in [7, 11) is -15.3. The summed E-state index contributed by atoms with van der Waals surface area (Å²) in [6, 6.07) is 0.823. The van der Waals surface area contributed by atoms with Crippen LogP contribution in [0, 0.1) is 0 Å². The molecule has 20 heteroatoms. The van der Waals surface area contributed by atoms with Gasteiger partial charge in [0.2, 0.25) is 0 Å². The van der Waals surface area contributed by atoms with Gasteiger partial charge in [-0.05, 0) is 6.92 Å². The molecule has 0 aromatic carbocycles.